The average molecular weight is 933 g/mol. The SMILES string of the molecule is CCCOc1ccc(C(C)(C)C)cc1Cc1cc(C(C)(C)C)cc(Cc2cc(C(C)(C)c3ccc(OCCO)cc3)cc(Cc3cc(C(C)(C)C)ccc3OCCO)c2OCCO)c1OCCO. The third-order valence-corrected chi connectivity index (χ3v) is 12.5. The molecule has 5 aromatic carbocycles. The maximum Gasteiger partial charge on any atom is 0.126 e. The van der Waals surface area contributed by atoms with Crippen LogP contribution < -0.4 is 23.7 Å². The zero-order valence-corrected chi connectivity index (χ0v) is 43.1. The van der Waals surface area contributed by atoms with Crippen molar-refractivity contribution in [2.24, 2.45) is 0 Å². The quantitative estimate of drug-likeness (QED) is 0.0506. The van der Waals surface area contributed by atoms with E-state index in [1.54, 1.807) is 0 Å². The lowest BCUT2D eigenvalue weighted by atomic mass is 9.76. The van der Waals surface area contributed by atoms with Crippen LogP contribution in [0.3, 0.4) is 0 Å². The number of hydrogen-bond donors (Lipinski definition) is 4. The Morgan fingerprint density at radius 2 is 0.691 bits per heavy atom. The molecular weight excluding hydrogens is 853 g/mol. The monoisotopic (exact) mass is 933 g/mol. The molecule has 5 rings (SSSR count). The number of benzene rings is 5. The van der Waals surface area contributed by atoms with Crippen molar-refractivity contribution >= 4 is 0 Å². The van der Waals surface area contributed by atoms with E-state index in [4.69, 9.17) is 23.7 Å². The molecule has 0 aliphatic rings. The topological polar surface area (TPSA) is 127 Å². The molecule has 0 bridgehead atoms. The van der Waals surface area contributed by atoms with Crippen LogP contribution in [0.5, 0.6) is 28.7 Å². The summed E-state index contributed by atoms with van der Waals surface area (Å²) in [7, 11) is 0. The van der Waals surface area contributed by atoms with Crippen LogP contribution in [-0.2, 0) is 40.9 Å². The third kappa shape index (κ3) is 14.0. The van der Waals surface area contributed by atoms with Crippen LogP contribution in [0.1, 0.15) is 151 Å². The van der Waals surface area contributed by atoms with Gasteiger partial charge in [-0.15, -0.1) is 0 Å². The van der Waals surface area contributed by atoms with Crippen LogP contribution >= 0.6 is 0 Å². The number of ether oxygens (including phenoxy) is 5. The van der Waals surface area contributed by atoms with E-state index in [2.05, 4.69) is 150 Å². The van der Waals surface area contributed by atoms with Gasteiger partial charge < -0.3 is 44.1 Å². The second kappa shape index (κ2) is 23.5. The van der Waals surface area contributed by atoms with E-state index < -0.39 is 5.41 Å². The molecule has 0 fully saturated rings. The van der Waals surface area contributed by atoms with Gasteiger partial charge in [0, 0.05) is 24.7 Å². The summed E-state index contributed by atoms with van der Waals surface area (Å²) in [5.41, 5.74) is 10.5. The van der Waals surface area contributed by atoms with Crippen molar-refractivity contribution in [1.82, 2.24) is 0 Å². The first kappa shape index (κ1) is 53.9. The summed E-state index contributed by atoms with van der Waals surface area (Å²) in [5.74, 6) is 3.60. The molecule has 0 aromatic heterocycles. The molecule has 370 valence electrons. The lowest BCUT2D eigenvalue weighted by Crippen LogP contribution is -2.21. The fraction of sp³-hybridized carbons (Fsp3) is 0.492. The van der Waals surface area contributed by atoms with Crippen molar-refractivity contribution in [3.63, 3.8) is 0 Å². The molecule has 4 N–H and O–H groups in total. The molecule has 0 spiro atoms. The lowest BCUT2D eigenvalue weighted by molar-refractivity contribution is 0.197. The van der Waals surface area contributed by atoms with Gasteiger partial charge in [0.2, 0.25) is 0 Å². The summed E-state index contributed by atoms with van der Waals surface area (Å²) in [5, 5.41) is 39.8. The number of aliphatic hydroxyl groups excluding tert-OH is 4. The molecule has 0 saturated carbocycles. The molecule has 5 aromatic rings. The average Bonchev–Trinajstić information content (AvgIpc) is 3.28. The largest absolute Gasteiger partial charge is 0.493 e. The second-order valence-corrected chi connectivity index (χ2v) is 21.5. The van der Waals surface area contributed by atoms with Gasteiger partial charge in [-0.05, 0) is 108 Å². The maximum atomic E-state index is 10.3. The number of hydrogen-bond acceptors (Lipinski definition) is 9. The summed E-state index contributed by atoms with van der Waals surface area (Å²) in [6.07, 6.45) is 2.30. The first-order valence-electron chi connectivity index (χ1n) is 24.4. The normalized spacial score (nSPS) is 12.3. The van der Waals surface area contributed by atoms with E-state index >= 15 is 0 Å². The Bertz CT molecular complexity index is 2390. The fourth-order valence-corrected chi connectivity index (χ4v) is 8.43. The van der Waals surface area contributed by atoms with Crippen molar-refractivity contribution in [3.8, 4) is 28.7 Å². The van der Waals surface area contributed by atoms with Crippen LogP contribution in [0.2, 0.25) is 0 Å². The maximum absolute atomic E-state index is 10.3. The van der Waals surface area contributed by atoms with E-state index in [1.807, 2.05) is 18.2 Å². The zero-order valence-electron chi connectivity index (χ0n) is 43.1. The van der Waals surface area contributed by atoms with Gasteiger partial charge in [-0.3, -0.25) is 0 Å². The summed E-state index contributed by atoms with van der Waals surface area (Å²) >= 11 is 0. The van der Waals surface area contributed by atoms with Gasteiger partial charge in [0.05, 0.1) is 33.0 Å². The Morgan fingerprint density at radius 3 is 1.09 bits per heavy atom. The van der Waals surface area contributed by atoms with Crippen molar-refractivity contribution in [2.45, 2.75) is 130 Å². The molecule has 0 unspecified atom stereocenters. The molecule has 9 nitrogen and oxygen atoms in total. The Hall–Kier alpha value is -5.06. The molecule has 0 amide bonds. The lowest BCUT2D eigenvalue weighted by Gasteiger charge is -2.30. The smallest absolute Gasteiger partial charge is 0.126 e. The number of aliphatic hydroxyl groups is 4. The van der Waals surface area contributed by atoms with Crippen molar-refractivity contribution < 1.29 is 44.1 Å². The first-order valence-corrected chi connectivity index (χ1v) is 24.4. The molecule has 0 radical (unpaired) electrons. The van der Waals surface area contributed by atoms with Gasteiger partial charge in [0.25, 0.3) is 0 Å². The van der Waals surface area contributed by atoms with Gasteiger partial charge >= 0.3 is 0 Å². The highest BCUT2D eigenvalue weighted by molar-refractivity contribution is 5.58. The minimum Gasteiger partial charge on any atom is -0.493 e. The molecule has 0 saturated heterocycles. The van der Waals surface area contributed by atoms with E-state index in [9.17, 15) is 20.4 Å². The van der Waals surface area contributed by atoms with Gasteiger partial charge in [-0.2, -0.15) is 0 Å². The predicted molar refractivity (Wildman–Crippen MR) is 275 cm³/mol. The van der Waals surface area contributed by atoms with Gasteiger partial charge in [0.15, 0.2) is 0 Å². The Labute approximate surface area is 407 Å². The molecular formula is C59H80O9. The molecule has 9 heteroatoms. The van der Waals surface area contributed by atoms with Crippen LogP contribution in [0.4, 0.5) is 0 Å². The highest BCUT2D eigenvalue weighted by atomic mass is 16.5. The molecule has 0 aliphatic heterocycles. The summed E-state index contributed by atoms with van der Waals surface area (Å²) < 4.78 is 31.7. The minimum atomic E-state index is -0.514. The zero-order chi connectivity index (χ0) is 49.9. The molecule has 0 aliphatic carbocycles. The highest BCUT2D eigenvalue weighted by Gasteiger charge is 2.29. The van der Waals surface area contributed by atoms with Gasteiger partial charge in [-0.1, -0.05) is 144 Å². The van der Waals surface area contributed by atoms with E-state index in [0.717, 1.165) is 67.8 Å². The van der Waals surface area contributed by atoms with Crippen molar-refractivity contribution in [2.75, 3.05) is 59.5 Å². The Morgan fingerprint density at radius 1 is 0.353 bits per heavy atom. The highest BCUT2D eigenvalue weighted by Crippen LogP contribution is 2.43. The van der Waals surface area contributed by atoms with Crippen molar-refractivity contribution in [3.05, 3.63) is 146 Å². The van der Waals surface area contributed by atoms with Gasteiger partial charge in [0.1, 0.15) is 55.2 Å². The second-order valence-electron chi connectivity index (χ2n) is 21.5. The predicted octanol–water partition coefficient (Wildman–Crippen LogP) is 11.0. The van der Waals surface area contributed by atoms with E-state index in [0.29, 0.717) is 48.9 Å². The molecule has 68 heavy (non-hydrogen) atoms. The van der Waals surface area contributed by atoms with Gasteiger partial charge in [-0.25, -0.2) is 0 Å². The van der Waals surface area contributed by atoms with E-state index in [-0.39, 0.29) is 69.1 Å². The number of rotatable bonds is 23. The van der Waals surface area contributed by atoms with Crippen LogP contribution in [0, 0.1) is 0 Å². The summed E-state index contributed by atoms with van der Waals surface area (Å²) in [4.78, 5) is 0. The van der Waals surface area contributed by atoms with Crippen LogP contribution in [0.25, 0.3) is 0 Å². The summed E-state index contributed by atoms with van der Waals surface area (Å²) in [6, 6.07) is 29.8. The standard InChI is InChI=1S/C59H80O9/c1-13-26-65-52-20-16-47(56(2,3)4)34-40(52)31-42-36-49(58(8,9)10)37-44(54(42)67-29-24-62)33-45-39-50(59(11,12)46-14-18-51(19-15-46)64-27-22-60)38-43(55(45)68-30-25-63)32-41-35-48(57(5,6)7)17-21-53(41)66-28-23-61/h14-21,34-39,60-63H,13,22-33H2,1-12H3. The van der Waals surface area contributed by atoms with Crippen molar-refractivity contribution in [1.29, 1.82) is 0 Å². The van der Waals surface area contributed by atoms with Crippen LogP contribution in [-0.4, -0.2) is 79.9 Å². The fourth-order valence-electron chi connectivity index (χ4n) is 8.43. The van der Waals surface area contributed by atoms with Crippen LogP contribution in [0.15, 0.2) is 84.9 Å². The Balaban J connectivity index is 1.82. The molecule has 0 atom stereocenters. The minimum absolute atomic E-state index is 0.0688. The Kier molecular flexibility index (Phi) is 18.6. The summed E-state index contributed by atoms with van der Waals surface area (Å²) in [6.45, 7) is 27.1. The third-order valence-electron chi connectivity index (χ3n) is 12.5. The van der Waals surface area contributed by atoms with E-state index in [1.165, 1.54) is 5.56 Å². The first-order chi connectivity index (χ1) is 32.1. The molecule has 0 heterocycles.